The topological polar surface area (TPSA) is 49.5 Å². The van der Waals surface area contributed by atoms with Crippen molar-refractivity contribution in [2.24, 2.45) is 0 Å². The van der Waals surface area contributed by atoms with Crippen LogP contribution in [0.5, 0.6) is 0 Å². The zero-order valence-electron chi connectivity index (χ0n) is 9.60. The Kier molecular flexibility index (Phi) is 3.67. The standard InChI is InChI=1S/C13H20N2O/c14-12-7-3-4-8-13(12)15(9-10-16)11-5-1-2-6-11/h3-4,7-8,11,16H,1-2,5-6,9-10,14H2. The first kappa shape index (κ1) is 11.3. The van der Waals surface area contributed by atoms with Crippen LogP contribution in [0.4, 0.5) is 11.4 Å². The Balaban J connectivity index is 2.21. The summed E-state index contributed by atoms with van der Waals surface area (Å²) >= 11 is 0. The summed E-state index contributed by atoms with van der Waals surface area (Å²) in [7, 11) is 0. The molecule has 1 saturated carbocycles. The highest BCUT2D eigenvalue weighted by molar-refractivity contribution is 5.67. The van der Waals surface area contributed by atoms with E-state index in [1.807, 2.05) is 24.3 Å². The highest BCUT2D eigenvalue weighted by atomic mass is 16.3. The van der Waals surface area contributed by atoms with Gasteiger partial charge in [-0.15, -0.1) is 0 Å². The highest BCUT2D eigenvalue weighted by Crippen LogP contribution is 2.31. The minimum absolute atomic E-state index is 0.185. The number of hydrogen-bond donors (Lipinski definition) is 2. The zero-order chi connectivity index (χ0) is 11.4. The van der Waals surface area contributed by atoms with Gasteiger partial charge in [0.25, 0.3) is 0 Å². The van der Waals surface area contributed by atoms with Crippen LogP contribution in [0.15, 0.2) is 24.3 Å². The van der Waals surface area contributed by atoms with Crippen LogP contribution < -0.4 is 10.6 Å². The van der Waals surface area contributed by atoms with Gasteiger partial charge in [-0.1, -0.05) is 25.0 Å². The maximum Gasteiger partial charge on any atom is 0.0606 e. The number of nitrogens with two attached hydrogens (primary N) is 1. The van der Waals surface area contributed by atoms with Crippen molar-refractivity contribution < 1.29 is 5.11 Å². The van der Waals surface area contributed by atoms with Crippen LogP contribution in [0.2, 0.25) is 0 Å². The number of aliphatic hydroxyl groups excluding tert-OH is 1. The van der Waals surface area contributed by atoms with Crippen LogP contribution in [0.1, 0.15) is 25.7 Å². The van der Waals surface area contributed by atoms with E-state index in [2.05, 4.69) is 4.90 Å². The molecule has 0 bridgehead atoms. The molecule has 3 nitrogen and oxygen atoms in total. The van der Waals surface area contributed by atoms with Crippen LogP contribution >= 0.6 is 0 Å². The summed E-state index contributed by atoms with van der Waals surface area (Å²) in [5, 5.41) is 9.17. The fraction of sp³-hybridized carbons (Fsp3) is 0.538. The summed E-state index contributed by atoms with van der Waals surface area (Å²) in [6.07, 6.45) is 5.02. The van der Waals surface area contributed by atoms with Crippen LogP contribution in [0, 0.1) is 0 Å². The van der Waals surface area contributed by atoms with E-state index < -0.39 is 0 Å². The molecule has 1 aromatic rings. The lowest BCUT2D eigenvalue weighted by atomic mass is 10.1. The van der Waals surface area contributed by atoms with E-state index >= 15 is 0 Å². The van der Waals surface area contributed by atoms with Gasteiger partial charge in [0.15, 0.2) is 0 Å². The molecular weight excluding hydrogens is 200 g/mol. The Morgan fingerprint density at radius 2 is 1.94 bits per heavy atom. The predicted molar refractivity (Wildman–Crippen MR) is 67.5 cm³/mol. The molecule has 0 radical (unpaired) electrons. The third kappa shape index (κ3) is 2.30. The molecule has 1 aliphatic rings. The summed E-state index contributed by atoms with van der Waals surface area (Å²) in [5.41, 5.74) is 7.88. The molecule has 1 aliphatic carbocycles. The van der Waals surface area contributed by atoms with Crippen molar-refractivity contribution in [3.05, 3.63) is 24.3 Å². The van der Waals surface area contributed by atoms with Gasteiger partial charge in [0.05, 0.1) is 18.0 Å². The molecule has 0 aromatic heterocycles. The van der Waals surface area contributed by atoms with Gasteiger partial charge in [-0.25, -0.2) is 0 Å². The first-order valence-corrected chi connectivity index (χ1v) is 6.05. The first-order chi connectivity index (χ1) is 7.83. The zero-order valence-corrected chi connectivity index (χ0v) is 9.60. The fourth-order valence-corrected chi connectivity index (χ4v) is 2.57. The van der Waals surface area contributed by atoms with Crippen LogP contribution in [-0.4, -0.2) is 24.3 Å². The van der Waals surface area contributed by atoms with Crippen molar-refractivity contribution in [1.29, 1.82) is 0 Å². The molecule has 0 spiro atoms. The molecular formula is C13H20N2O. The number of nitrogens with zero attached hydrogens (tertiary/aromatic N) is 1. The lowest BCUT2D eigenvalue weighted by molar-refractivity contribution is 0.297. The molecule has 2 rings (SSSR count). The summed E-state index contributed by atoms with van der Waals surface area (Å²) in [4.78, 5) is 2.27. The SMILES string of the molecule is Nc1ccccc1N(CCO)C1CCCC1. The Bertz CT molecular complexity index is 334. The van der Waals surface area contributed by atoms with E-state index in [9.17, 15) is 0 Å². The Hall–Kier alpha value is -1.22. The van der Waals surface area contributed by atoms with Gasteiger partial charge in [0.1, 0.15) is 0 Å². The maximum atomic E-state index is 9.17. The molecule has 3 N–H and O–H groups in total. The minimum Gasteiger partial charge on any atom is -0.397 e. The summed E-state index contributed by atoms with van der Waals surface area (Å²) in [6, 6.07) is 8.48. The molecule has 1 fully saturated rings. The van der Waals surface area contributed by atoms with E-state index in [1.54, 1.807) is 0 Å². The molecule has 16 heavy (non-hydrogen) atoms. The number of hydrogen-bond acceptors (Lipinski definition) is 3. The smallest absolute Gasteiger partial charge is 0.0606 e. The third-order valence-corrected chi connectivity index (χ3v) is 3.35. The largest absolute Gasteiger partial charge is 0.397 e. The molecule has 0 aliphatic heterocycles. The molecule has 88 valence electrons. The van der Waals surface area contributed by atoms with E-state index in [1.165, 1.54) is 25.7 Å². The Morgan fingerprint density at radius 3 is 2.56 bits per heavy atom. The second-order valence-electron chi connectivity index (χ2n) is 4.41. The van der Waals surface area contributed by atoms with Gasteiger partial charge in [0, 0.05) is 12.6 Å². The van der Waals surface area contributed by atoms with Gasteiger partial charge in [-0.2, -0.15) is 0 Å². The molecule has 0 heterocycles. The normalized spacial score (nSPS) is 16.6. The predicted octanol–water partition coefficient (Wildman–Crippen LogP) is 2.01. The van der Waals surface area contributed by atoms with E-state index in [4.69, 9.17) is 10.8 Å². The summed E-state index contributed by atoms with van der Waals surface area (Å²) < 4.78 is 0. The van der Waals surface area contributed by atoms with Crippen LogP contribution in [0.3, 0.4) is 0 Å². The van der Waals surface area contributed by atoms with Gasteiger partial charge < -0.3 is 15.7 Å². The minimum atomic E-state index is 0.185. The monoisotopic (exact) mass is 220 g/mol. The van der Waals surface area contributed by atoms with Gasteiger partial charge >= 0.3 is 0 Å². The summed E-state index contributed by atoms with van der Waals surface area (Å²) in [6.45, 7) is 0.865. The average molecular weight is 220 g/mol. The number of benzene rings is 1. The Labute approximate surface area is 96.9 Å². The number of nitrogen functional groups attached to an aromatic ring is 1. The molecule has 0 unspecified atom stereocenters. The van der Waals surface area contributed by atoms with E-state index in [-0.39, 0.29) is 6.61 Å². The van der Waals surface area contributed by atoms with Crippen molar-refractivity contribution >= 4 is 11.4 Å². The van der Waals surface area contributed by atoms with Crippen molar-refractivity contribution in [2.75, 3.05) is 23.8 Å². The van der Waals surface area contributed by atoms with Gasteiger partial charge in [-0.05, 0) is 25.0 Å². The van der Waals surface area contributed by atoms with Crippen molar-refractivity contribution in [3.8, 4) is 0 Å². The summed E-state index contributed by atoms with van der Waals surface area (Å²) in [5.74, 6) is 0. The van der Waals surface area contributed by atoms with Gasteiger partial charge in [-0.3, -0.25) is 0 Å². The molecule has 0 atom stereocenters. The first-order valence-electron chi connectivity index (χ1n) is 6.05. The second-order valence-corrected chi connectivity index (χ2v) is 4.41. The Morgan fingerprint density at radius 1 is 1.25 bits per heavy atom. The lowest BCUT2D eigenvalue weighted by Crippen LogP contribution is -2.36. The fourth-order valence-electron chi connectivity index (χ4n) is 2.57. The highest BCUT2D eigenvalue weighted by Gasteiger charge is 2.23. The van der Waals surface area contributed by atoms with E-state index in [0.29, 0.717) is 12.6 Å². The second kappa shape index (κ2) is 5.21. The number of rotatable bonds is 4. The molecule has 3 heteroatoms. The number of anilines is 2. The number of para-hydroxylation sites is 2. The maximum absolute atomic E-state index is 9.17. The van der Waals surface area contributed by atoms with Crippen molar-refractivity contribution in [2.45, 2.75) is 31.7 Å². The van der Waals surface area contributed by atoms with Gasteiger partial charge in [0.2, 0.25) is 0 Å². The molecule has 0 amide bonds. The van der Waals surface area contributed by atoms with Crippen LogP contribution in [0.25, 0.3) is 0 Å². The van der Waals surface area contributed by atoms with E-state index in [0.717, 1.165) is 11.4 Å². The number of aliphatic hydroxyl groups is 1. The lowest BCUT2D eigenvalue weighted by Gasteiger charge is -2.31. The molecule has 1 aromatic carbocycles. The quantitative estimate of drug-likeness (QED) is 0.763. The van der Waals surface area contributed by atoms with Crippen molar-refractivity contribution in [3.63, 3.8) is 0 Å². The molecule has 0 saturated heterocycles. The average Bonchev–Trinajstić information content (AvgIpc) is 2.80. The van der Waals surface area contributed by atoms with Crippen molar-refractivity contribution in [1.82, 2.24) is 0 Å². The third-order valence-electron chi connectivity index (χ3n) is 3.35. The van der Waals surface area contributed by atoms with Crippen LogP contribution in [-0.2, 0) is 0 Å².